The van der Waals surface area contributed by atoms with Crippen LogP contribution in [0, 0.1) is 29.6 Å². The molecule has 6 rings (SSSR count). The molecule has 6 fully saturated rings. The van der Waals surface area contributed by atoms with Crippen LogP contribution in [-0.4, -0.2) is 59.4 Å². The van der Waals surface area contributed by atoms with Gasteiger partial charge < -0.3 is 19.3 Å². The molecule has 2 saturated heterocycles. The van der Waals surface area contributed by atoms with Gasteiger partial charge in [0.2, 0.25) is 0 Å². The van der Waals surface area contributed by atoms with Crippen molar-refractivity contribution in [1.82, 2.24) is 9.80 Å². The summed E-state index contributed by atoms with van der Waals surface area (Å²) in [7, 11) is 0. The van der Waals surface area contributed by atoms with Crippen molar-refractivity contribution in [1.29, 1.82) is 0 Å². The average Bonchev–Trinajstić information content (AvgIpc) is 3.07. The van der Waals surface area contributed by atoms with E-state index in [1.165, 1.54) is 32.1 Å². The first-order chi connectivity index (χ1) is 13.8. The summed E-state index contributed by atoms with van der Waals surface area (Å²) in [6.07, 6.45) is 8.18. The second-order valence-electron chi connectivity index (χ2n) is 11.3. The van der Waals surface area contributed by atoms with Gasteiger partial charge in [-0.25, -0.2) is 9.59 Å². The summed E-state index contributed by atoms with van der Waals surface area (Å²) in [6.45, 7) is 7.70. The van der Waals surface area contributed by atoms with Gasteiger partial charge in [-0.15, -0.1) is 0 Å². The van der Waals surface area contributed by atoms with Gasteiger partial charge in [0.25, 0.3) is 0 Å². The van der Waals surface area contributed by atoms with Gasteiger partial charge in [-0.05, 0) is 95.3 Å². The van der Waals surface area contributed by atoms with E-state index >= 15 is 0 Å². The van der Waals surface area contributed by atoms with Crippen LogP contribution < -0.4 is 0 Å². The highest BCUT2D eigenvalue weighted by Crippen LogP contribution is 2.54. The number of likely N-dealkylation sites (tertiary alicyclic amines) is 2. The SMILES string of the molecule is CC(C)(C)OC(=O)N1CCC[C@@H]2CN(C(=O)OC3C4CC5CC(C4)CC3C5)C[C@@H]21. The van der Waals surface area contributed by atoms with E-state index in [1.54, 1.807) is 0 Å². The normalized spacial score (nSPS) is 40.7. The van der Waals surface area contributed by atoms with Gasteiger partial charge in [-0.2, -0.15) is 0 Å². The second kappa shape index (κ2) is 7.05. The quantitative estimate of drug-likeness (QED) is 0.655. The molecule has 4 bridgehead atoms. The van der Waals surface area contributed by atoms with E-state index in [1.807, 2.05) is 30.6 Å². The Morgan fingerprint density at radius 2 is 1.52 bits per heavy atom. The van der Waals surface area contributed by atoms with Crippen molar-refractivity contribution < 1.29 is 19.1 Å². The minimum atomic E-state index is -0.499. The van der Waals surface area contributed by atoms with Crippen molar-refractivity contribution in [3.8, 4) is 0 Å². The van der Waals surface area contributed by atoms with Gasteiger partial charge in [0.15, 0.2) is 0 Å². The molecule has 0 unspecified atom stereocenters. The molecular formula is C23H36N2O4. The van der Waals surface area contributed by atoms with Crippen LogP contribution >= 0.6 is 0 Å². The third-order valence-corrected chi connectivity index (χ3v) is 8.04. The maximum atomic E-state index is 13.1. The van der Waals surface area contributed by atoms with E-state index in [0.29, 0.717) is 37.4 Å². The van der Waals surface area contributed by atoms with Crippen molar-refractivity contribution in [3.05, 3.63) is 0 Å². The molecule has 2 atom stereocenters. The number of ether oxygens (including phenoxy) is 2. The van der Waals surface area contributed by atoms with Crippen LogP contribution in [0.5, 0.6) is 0 Å². The van der Waals surface area contributed by atoms with Gasteiger partial charge >= 0.3 is 12.2 Å². The maximum Gasteiger partial charge on any atom is 0.410 e. The largest absolute Gasteiger partial charge is 0.446 e. The topological polar surface area (TPSA) is 59.1 Å². The highest BCUT2D eigenvalue weighted by molar-refractivity contribution is 5.71. The number of carbonyl (C=O) groups is 2. The lowest BCUT2D eigenvalue weighted by atomic mass is 9.55. The van der Waals surface area contributed by atoms with Crippen molar-refractivity contribution in [2.24, 2.45) is 29.6 Å². The van der Waals surface area contributed by atoms with E-state index in [2.05, 4.69) is 0 Å². The number of piperidine rings is 1. The summed E-state index contributed by atoms with van der Waals surface area (Å²) < 4.78 is 11.8. The number of hydrogen-bond acceptors (Lipinski definition) is 4. The summed E-state index contributed by atoms with van der Waals surface area (Å²) in [5.74, 6) is 3.26. The van der Waals surface area contributed by atoms with Crippen LogP contribution in [0.1, 0.15) is 65.7 Å². The molecule has 0 aromatic carbocycles. The minimum Gasteiger partial charge on any atom is -0.446 e. The fraction of sp³-hybridized carbons (Fsp3) is 0.913. The molecule has 162 valence electrons. The van der Waals surface area contributed by atoms with E-state index < -0.39 is 5.60 Å². The van der Waals surface area contributed by atoms with Gasteiger partial charge in [-0.3, -0.25) is 0 Å². The summed E-state index contributed by atoms with van der Waals surface area (Å²) in [5.41, 5.74) is -0.499. The molecule has 2 heterocycles. The van der Waals surface area contributed by atoms with E-state index in [4.69, 9.17) is 9.47 Å². The molecule has 0 aromatic rings. The number of nitrogens with zero attached hydrogens (tertiary/aromatic N) is 2. The molecule has 2 amide bonds. The molecule has 2 aliphatic heterocycles. The maximum absolute atomic E-state index is 13.1. The van der Waals surface area contributed by atoms with Crippen molar-refractivity contribution >= 4 is 12.2 Å². The standard InChI is InChI=1S/C23H36N2O4/c1-23(2,3)29-22(27)25-6-4-5-16-12-24(13-19(16)25)21(26)28-20-17-8-14-7-15(10-17)11-18(20)9-14/h14-20H,4-13H2,1-3H3/t14?,15?,16-,17?,18?,19+,20?/m1/s1. The molecule has 6 aliphatic rings. The minimum absolute atomic E-state index is 0.0599. The zero-order chi connectivity index (χ0) is 20.3. The molecule has 0 aromatic heterocycles. The van der Waals surface area contributed by atoms with Crippen LogP contribution in [0.4, 0.5) is 9.59 Å². The van der Waals surface area contributed by atoms with Crippen molar-refractivity contribution in [2.45, 2.75) is 83.5 Å². The first-order valence-electron chi connectivity index (χ1n) is 11.7. The smallest absolute Gasteiger partial charge is 0.410 e. The van der Waals surface area contributed by atoms with Crippen LogP contribution in [0.25, 0.3) is 0 Å². The Kier molecular flexibility index (Phi) is 4.74. The lowest BCUT2D eigenvalue weighted by molar-refractivity contribution is -0.102. The Morgan fingerprint density at radius 1 is 0.862 bits per heavy atom. The average molecular weight is 405 g/mol. The highest BCUT2D eigenvalue weighted by Gasteiger charge is 2.51. The predicted octanol–water partition coefficient (Wildman–Crippen LogP) is 4.28. The molecule has 0 spiro atoms. The third kappa shape index (κ3) is 3.72. The van der Waals surface area contributed by atoms with E-state index in [0.717, 1.165) is 24.7 Å². The number of rotatable bonds is 1. The lowest BCUT2D eigenvalue weighted by Crippen LogP contribution is -2.51. The summed E-state index contributed by atoms with van der Waals surface area (Å²) in [4.78, 5) is 29.5. The van der Waals surface area contributed by atoms with Gasteiger partial charge in [-0.1, -0.05) is 0 Å². The Hall–Kier alpha value is -1.46. The van der Waals surface area contributed by atoms with Gasteiger partial charge in [0.05, 0.1) is 6.04 Å². The molecule has 6 heteroatoms. The lowest BCUT2D eigenvalue weighted by Gasteiger charge is -2.53. The summed E-state index contributed by atoms with van der Waals surface area (Å²) >= 11 is 0. The molecule has 4 aliphatic carbocycles. The number of carbonyl (C=O) groups excluding carboxylic acids is 2. The first kappa shape index (κ1) is 19.5. The molecule has 29 heavy (non-hydrogen) atoms. The second-order valence-corrected chi connectivity index (χ2v) is 11.3. The third-order valence-electron chi connectivity index (χ3n) is 8.04. The van der Waals surface area contributed by atoms with Gasteiger partial charge in [0.1, 0.15) is 11.7 Å². The zero-order valence-electron chi connectivity index (χ0n) is 18.1. The number of fused-ring (bicyclic) bond motifs is 1. The monoisotopic (exact) mass is 404 g/mol. The summed E-state index contributed by atoms with van der Waals surface area (Å²) in [5, 5.41) is 0. The molecule has 4 saturated carbocycles. The van der Waals surface area contributed by atoms with Crippen LogP contribution in [0.3, 0.4) is 0 Å². The Balaban J connectivity index is 1.22. The Labute approximate surface area is 174 Å². The Morgan fingerprint density at radius 3 is 2.14 bits per heavy atom. The molecule has 0 radical (unpaired) electrons. The van der Waals surface area contributed by atoms with Crippen LogP contribution in [-0.2, 0) is 9.47 Å². The molecule has 0 N–H and O–H groups in total. The van der Waals surface area contributed by atoms with Crippen molar-refractivity contribution in [3.63, 3.8) is 0 Å². The molecule has 6 nitrogen and oxygen atoms in total. The number of hydrogen-bond donors (Lipinski definition) is 0. The van der Waals surface area contributed by atoms with Crippen molar-refractivity contribution in [2.75, 3.05) is 19.6 Å². The van der Waals surface area contributed by atoms with E-state index in [9.17, 15) is 9.59 Å². The first-order valence-corrected chi connectivity index (χ1v) is 11.7. The Bertz CT molecular complexity index is 644. The fourth-order valence-electron chi connectivity index (χ4n) is 7.14. The van der Waals surface area contributed by atoms with Crippen LogP contribution in [0.15, 0.2) is 0 Å². The van der Waals surface area contributed by atoms with Gasteiger partial charge in [0, 0.05) is 19.6 Å². The fourth-order valence-corrected chi connectivity index (χ4v) is 7.14. The van der Waals surface area contributed by atoms with Crippen LogP contribution in [0.2, 0.25) is 0 Å². The predicted molar refractivity (Wildman–Crippen MR) is 108 cm³/mol. The zero-order valence-corrected chi connectivity index (χ0v) is 18.1. The summed E-state index contributed by atoms with van der Waals surface area (Å²) in [6, 6.07) is 0.0599. The highest BCUT2D eigenvalue weighted by atomic mass is 16.6. The molecular weight excluding hydrogens is 368 g/mol. The number of amides is 2. The van der Waals surface area contributed by atoms with E-state index in [-0.39, 0.29) is 24.3 Å².